The van der Waals surface area contributed by atoms with Gasteiger partial charge in [-0.25, -0.2) is 4.39 Å². The third-order valence-electron chi connectivity index (χ3n) is 2.75. The molecule has 0 radical (unpaired) electrons. The van der Waals surface area contributed by atoms with Crippen LogP contribution >= 0.6 is 23.5 Å². The summed E-state index contributed by atoms with van der Waals surface area (Å²) >= 11 is 3.77. The summed E-state index contributed by atoms with van der Waals surface area (Å²) in [4.78, 5) is 3.75. The minimum absolute atomic E-state index is 0.240. The molecule has 0 amide bonds. The summed E-state index contributed by atoms with van der Waals surface area (Å²) in [7, 11) is 0. The first-order valence-electron chi connectivity index (χ1n) is 5.28. The van der Waals surface area contributed by atoms with Gasteiger partial charge in [0.2, 0.25) is 0 Å². The number of nitrogens with zero attached hydrogens (tertiary/aromatic N) is 1. The Balaban J connectivity index is 2.17. The number of hydrogen-bond donors (Lipinski definition) is 1. The van der Waals surface area contributed by atoms with Gasteiger partial charge in [-0.05, 0) is 6.07 Å². The number of halogens is 1. The van der Waals surface area contributed by atoms with Gasteiger partial charge in [-0.1, -0.05) is 6.92 Å². The quantitative estimate of drug-likeness (QED) is 0.884. The molecule has 3 atom stereocenters. The highest BCUT2D eigenvalue weighted by molar-refractivity contribution is 8.07. The number of rotatable bonds is 2. The number of pyridine rings is 1. The van der Waals surface area contributed by atoms with Crippen LogP contribution in [0.15, 0.2) is 18.5 Å². The Kier molecular flexibility index (Phi) is 4.10. The SMILES string of the molecule is CC1SCCSC1C(N)c1ccncc1F. The molecule has 1 aliphatic heterocycles. The number of hydrogen-bond acceptors (Lipinski definition) is 4. The van der Waals surface area contributed by atoms with Crippen molar-refractivity contribution in [3.8, 4) is 0 Å². The molecule has 3 unspecified atom stereocenters. The van der Waals surface area contributed by atoms with E-state index in [1.807, 2.05) is 23.5 Å². The zero-order valence-corrected chi connectivity index (χ0v) is 10.7. The van der Waals surface area contributed by atoms with Crippen LogP contribution < -0.4 is 5.73 Å². The fourth-order valence-electron chi connectivity index (χ4n) is 1.88. The van der Waals surface area contributed by atoms with Crippen molar-refractivity contribution in [2.24, 2.45) is 5.73 Å². The predicted molar refractivity (Wildman–Crippen MR) is 69.3 cm³/mol. The van der Waals surface area contributed by atoms with Gasteiger partial charge in [0.25, 0.3) is 0 Å². The number of thioether (sulfide) groups is 2. The average Bonchev–Trinajstić information content (AvgIpc) is 2.29. The van der Waals surface area contributed by atoms with E-state index in [-0.39, 0.29) is 17.1 Å². The molecule has 0 saturated carbocycles. The molecule has 16 heavy (non-hydrogen) atoms. The van der Waals surface area contributed by atoms with Crippen LogP contribution in [-0.4, -0.2) is 27.0 Å². The lowest BCUT2D eigenvalue weighted by Gasteiger charge is -2.32. The predicted octanol–water partition coefficient (Wildman–Crippen LogP) is 2.46. The molecule has 0 aromatic carbocycles. The first kappa shape index (κ1) is 12.2. The summed E-state index contributed by atoms with van der Waals surface area (Å²) in [5.74, 6) is 1.96. The maximum atomic E-state index is 13.6. The Morgan fingerprint density at radius 2 is 2.25 bits per heavy atom. The Morgan fingerprint density at radius 3 is 2.94 bits per heavy atom. The van der Waals surface area contributed by atoms with Crippen molar-refractivity contribution < 1.29 is 4.39 Å². The van der Waals surface area contributed by atoms with E-state index in [2.05, 4.69) is 11.9 Å². The van der Waals surface area contributed by atoms with Crippen LogP contribution in [0.1, 0.15) is 18.5 Å². The summed E-state index contributed by atoms with van der Waals surface area (Å²) < 4.78 is 13.6. The van der Waals surface area contributed by atoms with E-state index in [0.717, 1.165) is 11.5 Å². The zero-order chi connectivity index (χ0) is 11.5. The lowest BCUT2D eigenvalue weighted by atomic mass is 10.0. The summed E-state index contributed by atoms with van der Waals surface area (Å²) in [5.41, 5.74) is 6.74. The Bertz CT molecular complexity index is 362. The van der Waals surface area contributed by atoms with Gasteiger partial charge in [-0.2, -0.15) is 23.5 Å². The van der Waals surface area contributed by atoms with Crippen molar-refractivity contribution in [2.75, 3.05) is 11.5 Å². The molecule has 88 valence electrons. The van der Waals surface area contributed by atoms with Crippen LogP contribution in [0.5, 0.6) is 0 Å². The Morgan fingerprint density at radius 1 is 1.50 bits per heavy atom. The molecular formula is C11H15FN2S2. The van der Waals surface area contributed by atoms with Gasteiger partial charge < -0.3 is 5.73 Å². The van der Waals surface area contributed by atoms with E-state index in [9.17, 15) is 4.39 Å². The molecule has 1 aromatic rings. The van der Waals surface area contributed by atoms with Crippen molar-refractivity contribution in [1.82, 2.24) is 4.98 Å². The van der Waals surface area contributed by atoms with Crippen LogP contribution in [0.4, 0.5) is 4.39 Å². The fraction of sp³-hybridized carbons (Fsp3) is 0.545. The summed E-state index contributed by atoms with van der Waals surface area (Å²) in [6, 6.07) is 1.45. The van der Waals surface area contributed by atoms with Crippen LogP contribution in [-0.2, 0) is 0 Å². The minimum Gasteiger partial charge on any atom is -0.323 e. The van der Waals surface area contributed by atoms with Gasteiger partial charge in [0.05, 0.1) is 6.20 Å². The highest BCUT2D eigenvalue weighted by atomic mass is 32.2. The fourth-order valence-corrected chi connectivity index (χ4v) is 4.75. The second kappa shape index (κ2) is 5.38. The van der Waals surface area contributed by atoms with Crippen LogP contribution in [0, 0.1) is 5.82 Å². The number of nitrogens with two attached hydrogens (primary N) is 1. The van der Waals surface area contributed by atoms with Gasteiger partial charge in [-0.3, -0.25) is 4.98 Å². The van der Waals surface area contributed by atoms with E-state index in [1.54, 1.807) is 12.3 Å². The molecule has 1 aliphatic rings. The largest absolute Gasteiger partial charge is 0.323 e. The summed E-state index contributed by atoms with van der Waals surface area (Å²) in [6.07, 6.45) is 2.84. The topological polar surface area (TPSA) is 38.9 Å². The molecule has 2 N–H and O–H groups in total. The lowest BCUT2D eigenvalue weighted by molar-refractivity contribution is 0.564. The first-order valence-corrected chi connectivity index (χ1v) is 7.38. The van der Waals surface area contributed by atoms with E-state index in [0.29, 0.717) is 10.8 Å². The number of aromatic nitrogens is 1. The van der Waals surface area contributed by atoms with Crippen LogP contribution in [0.25, 0.3) is 0 Å². The lowest BCUT2D eigenvalue weighted by Crippen LogP contribution is -2.34. The van der Waals surface area contributed by atoms with Crippen molar-refractivity contribution in [3.05, 3.63) is 29.8 Å². The van der Waals surface area contributed by atoms with Crippen LogP contribution in [0.2, 0.25) is 0 Å². The molecule has 2 heterocycles. The molecule has 0 bridgehead atoms. The zero-order valence-electron chi connectivity index (χ0n) is 9.10. The molecule has 0 spiro atoms. The van der Waals surface area contributed by atoms with Gasteiger partial charge >= 0.3 is 0 Å². The average molecular weight is 258 g/mol. The second-order valence-electron chi connectivity index (χ2n) is 3.83. The minimum atomic E-state index is -0.293. The second-order valence-corrected chi connectivity index (χ2v) is 6.61. The van der Waals surface area contributed by atoms with Crippen molar-refractivity contribution >= 4 is 23.5 Å². The van der Waals surface area contributed by atoms with E-state index < -0.39 is 0 Å². The third kappa shape index (κ3) is 2.52. The molecule has 0 aliphatic carbocycles. The van der Waals surface area contributed by atoms with E-state index in [4.69, 9.17) is 5.73 Å². The van der Waals surface area contributed by atoms with Crippen LogP contribution in [0.3, 0.4) is 0 Å². The van der Waals surface area contributed by atoms with Gasteiger partial charge in [0, 0.05) is 39.8 Å². The molecule has 2 rings (SSSR count). The summed E-state index contributed by atoms with van der Waals surface area (Å²) in [5, 5.41) is 0.761. The maximum absolute atomic E-state index is 13.6. The normalized spacial score (nSPS) is 27.7. The van der Waals surface area contributed by atoms with E-state index in [1.165, 1.54) is 6.20 Å². The first-order chi connectivity index (χ1) is 7.70. The molecule has 1 fully saturated rings. The maximum Gasteiger partial charge on any atom is 0.146 e. The monoisotopic (exact) mass is 258 g/mol. The molecule has 5 heteroatoms. The third-order valence-corrected chi connectivity index (χ3v) is 5.97. The van der Waals surface area contributed by atoms with Crippen molar-refractivity contribution in [2.45, 2.75) is 23.5 Å². The highest BCUT2D eigenvalue weighted by Crippen LogP contribution is 2.37. The molecule has 1 aromatic heterocycles. The molecular weight excluding hydrogens is 243 g/mol. The van der Waals surface area contributed by atoms with Crippen molar-refractivity contribution in [3.63, 3.8) is 0 Å². The summed E-state index contributed by atoms with van der Waals surface area (Å²) in [6.45, 7) is 2.17. The van der Waals surface area contributed by atoms with Gasteiger partial charge in [-0.15, -0.1) is 0 Å². The molecule has 2 nitrogen and oxygen atoms in total. The highest BCUT2D eigenvalue weighted by Gasteiger charge is 2.30. The van der Waals surface area contributed by atoms with Gasteiger partial charge in [0.1, 0.15) is 5.82 Å². The Hall–Kier alpha value is -0.260. The molecule has 1 saturated heterocycles. The van der Waals surface area contributed by atoms with Gasteiger partial charge in [0.15, 0.2) is 0 Å². The van der Waals surface area contributed by atoms with E-state index >= 15 is 0 Å². The Labute approximate surface area is 104 Å². The smallest absolute Gasteiger partial charge is 0.146 e. The van der Waals surface area contributed by atoms with Crippen molar-refractivity contribution in [1.29, 1.82) is 0 Å². The standard InChI is InChI=1S/C11H15FN2S2/c1-7-11(16-5-4-15-7)10(13)8-2-3-14-6-9(8)12/h2-3,6-7,10-11H,4-5,13H2,1H3.